The van der Waals surface area contributed by atoms with Crippen LogP contribution in [0.2, 0.25) is 0 Å². The molecule has 2 aliphatic heterocycles. The molecule has 0 N–H and O–H groups in total. The summed E-state index contributed by atoms with van der Waals surface area (Å²) in [6.07, 6.45) is 4.17. The summed E-state index contributed by atoms with van der Waals surface area (Å²) >= 11 is 0. The third kappa shape index (κ3) is 7.61. The van der Waals surface area contributed by atoms with Crippen LogP contribution in [0.5, 0.6) is 11.5 Å². The van der Waals surface area contributed by atoms with Crippen LogP contribution in [0, 0.1) is 36.5 Å². The van der Waals surface area contributed by atoms with Crippen LogP contribution >= 0.6 is 0 Å². The van der Waals surface area contributed by atoms with E-state index in [2.05, 4.69) is 40.1 Å². The molecule has 6 rings (SSSR count). The summed E-state index contributed by atoms with van der Waals surface area (Å²) in [5, 5.41) is 19.2. The number of carbonyl (C=O) groups is 1. The Balaban J connectivity index is 1.12. The van der Waals surface area contributed by atoms with Crippen LogP contribution < -0.4 is 15.0 Å². The summed E-state index contributed by atoms with van der Waals surface area (Å²) in [4.78, 5) is 32.8. The normalized spacial score (nSPS) is 16.4. The Bertz CT molecular complexity index is 2190. The Labute approximate surface area is 311 Å². The Morgan fingerprint density at radius 3 is 2.21 bits per heavy atom. The van der Waals surface area contributed by atoms with Gasteiger partial charge in [-0.1, -0.05) is 30.3 Å². The molecule has 53 heavy (non-hydrogen) atoms. The predicted molar refractivity (Wildman–Crippen MR) is 205 cm³/mol. The van der Waals surface area contributed by atoms with Crippen molar-refractivity contribution in [1.82, 2.24) is 19.3 Å². The largest absolute Gasteiger partial charge is 0.496 e. The first kappa shape index (κ1) is 37.1. The molecule has 1 fully saturated rings. The number of carbonyl (C=O) groups excluding carboxylic acids is 1. The van der Waals surface area contributed by atoms with Gasteiger partial charge < -0.3 is 18.9 Å². The average molecular weight is 711 g/mol. The fourth-order valence-corrected chi connectivity index (χ4v) is 7.66. The van der Waals surface area contributed by atoms with Crippen molar-refractivity contribution in [1.29, 1.82) is 10.5 Å². The standard InChI is InChI=1S/C43H46N6O4/c1-28-29(2)42(50)46(4)26-38(28)34-21-40(52-5)39(41(22-34)53-6)27-48-17-15-47(16-18-48)25-33-11-8-12-36-30(3)49(14-13-37(33)36)43(51)35(24-45)20-31-9-7-10-32(19-31)23-44/h7-12,19-22,26,30H,13-18,25,27H2,1-6H3/b35-20+. The zero-order valence-corrected chi connectivity index (χ0v) is 31.4. The number of hydrogen-bond donors (Lipinski definition) is 0. The molecule has 0 radical (unpaired) electrons. The number of benzene rings is 3. The van der Waals surface area contributed by atoms with Crippen LogP contribution in [0.15, 0.2) is 71.2 Å². The van der Waals surface area contributed by atoms with Gasteiger partial charge in [0.15, 0.2) is 0 Å². The van der Waals surface area contributed by atoms with Crippen LogP contribution in [0.3, 0.4) is 0 Å². The van der Waals surface area contributed by atoms with Crippen LogP contribution in [-0.4, -0.2) is 72.1 Å². The molecule has 1 aromatic heterocycles. The molecule has 0 saturated carbocycles. The van der Waals surface area contributed by atoms with E-state index in [1.807, 2.05) is 39.1 Å². The number of piperazine rings is 1. The second kappa shape index (κ2) is 15.9. The van der Waals surface area contributed by atoms with E-state index in [0.29, 0.717) is 24.2 Å². The lowest BCUT2D eigenvalue weighted by Gasteiger charge is -2.38. The maximum absolute atomic E-state index is 13.6. The number of rotatable bonds is 9. The minimum atomic E-state index is -0.297. The first-order valence-electron chi connectivity index (χ1n) is 18.0. The summed E-state index contributed by atoms with van der Waals surface area (Å²) in [7, 11) is 5.15. The number of nitrogens with zero attached hydrogens (tertiary/aromatic N) is 6. The van der Waals surface area contributed by atoms with E-state index in [1.165, 1.54) is 11.1 Å². The molecule has 10 heteroatoms. The van der Waals surface area contributed by atoms with Crippen molar-refractivity contribution in [2.75, 3.05) is 46.9 Å². The van der Waals surface area contributed by atoms with E-state index in [-0.39, 0.29) is 23.1 Å². The van der Waals surface area contributed by atoms with Crippen LogP contribution in [-0.2, 0) is 31.4 Å². The Morgan fingerprint density at radius 2 is 1.57 bits per heavy atom. The highest BCUT2D eigenvalue weighted by Crippen LogP contribution is 2.38. The van der Waals surface area contributed by atoms with Gasteiger partial charge in [0.1, 0.15) is 23.1 Å². The van der Waals surface area contributed by atoms with E-state index in [4.69, 9.17) is 9.47 Å². The number of pyridine rings is 1. The number of amides is 1. The van der Waals surface area contributed by atoms with Gasteiger partial charge in [-0.2, -0.15) is 10.5 Å². The molecule has 1 unspecified atom stereocenters. The van der Waals surface area contributed by atoms with Crippen molar-refractivity contribution in [3.8, 4) is 34.8 Å². The molecule has 4 aromatic rings. The number of fused-ring (bicyclic) bond motifs is 1. The lowest BCUT2D eigenvalue weighted by molar-refractivity contribution is -0.129. The highest BCUT2D eigenvalue weighted by atomic mass is 16.5. The SMILES string of the molecule is COc1cc(-c2cn(C)c(=O)c(C)c2C)cc(OC)c1CN1CCN(Cc2cccc3c2CCN(C(=O)/C(C#N)=C/c2cccc(C#N)c2)C3C)CC1. The van der Waals surface area contributed by atoms with Gasteiger partial charge in [-0.15, -0.1) is 0 Å². The second-order valence-corrected chi connectivity index (χ2v) is 13.9. The zero-order valence-electron chi connectivity index (χ0n) is 31.4. The Morgan fingerprint density at radius 1 is 0.906 bits per heavy atom. The average Bonchev–Trinajstić information content (AvgIpc) is 3.18. The number of methoxy groups -OCH3 is 2. The number of aromatic nitrogens is 1. The summed E-state index contributed by atoms with van der Waals surface area (Å²) < 4.78 is 13.5. The summed E-state index contributed by atoms with van der Waals surface area (Å²) in [6.45, 7) is 11.5. The molecule has 3 aromatic carbocycles. The minimum Gasteiger partial charge on any atom is -0.496 e. The fourth-order valence-electron chi connectivity index (χ4n) is 7.66. The molecule has 0 spiro atoms. The monoisotopic (exact) mass is 710 g/mol. The molecule has 0 bridgehead atoms. The molecule has 1 atom stereocenters. The highest BCUT2D eigenvalue weighted by Gasteiger charge is 2.31. The van der Waals surface area contributed by atoms with Gasteiger partial charge in [-0.3, -0.25) is 19.4 Å². The first-order valence-corrected chi connectivity index (χ1v) is 18.0. The number of hydrogen-bond acceptors (Lipinski definition) is 8. The number of nitriles is 2. The Hall–Kier alpha value is -5.68. The van der Waals surface area contributed by atoms with Gasteiger partial charge in [-0.05, 0) is 90.9 Å². The molecular formula is C43H46N6O4. The van der Waals surface area contributed by atoms with E-state index in [0.717, 1.165) is 84.0 Å². The lowest BCUT2D eigenvalue weighted by Crippen LogP contribution is -2.45. The molecule has 10 nitrogen and oxygen atoms in total. The molecule has 272 valence electrons. The van der Waals surface area contributed by atoms with E-state index < -0.39 is 0 Å². The quantitative estimate of drug-likeness (QED) is 0.155. The van der Waals surface area contributed by atoms with Crippen LogP contribution in [0.1, 0.15) is 57.5 Å². The maximum Gasteiger partial charge on any atom is 0.265 e. The molecular weight excluding hydrogens is 665 g/mol. The molecule has 0 aliphatic carbocycles. The van der Waals surface area contributed by atoms with Crippen molar-refractivity contribution in [3.05, 3.63) is 121 Å². The summed E-state index contributed by atoms with van der Waals surface area (Å²) in [5.74, 6) is 1.22. The van der Waals surface area contributed by atoms with E-state index in [9.17, 15) is 20.1 Å². The topological polar surface area (TPSA) is 115 Å². The maximum atomic E-state index is 13.6. The van der Waals surface area contributed by atoms with Crippen molar-refractivity contribution in [2.45, 2.75) is 46.3 Å². The minimum absolute atomic E-state index is 0.00142. The third-order valence-electron chi connectivity index (χ3n) is 10.9. The van der Waals surface area contributed by atoms with Gasteiger partial charge >= 0.3 is 0 Å². The van der Waals surface area contributed by atoms with Gasteiger partial charge in [-0.25, -0.2) is 0 Å². The van der Waals surface area contributed by atoms with Gasteiger partial charge in [0.05, 0.1) is 37.5 Å². The summed E-state index contributed by atoms with van der Waals surface area (Å²) in [5.41, 5.74) is 9.48. The Kier molecular flexibility index (Phi) is 11.1. The van der Waals surface area contributed by atoms with Crippen LogP contribution in [0.4, 0.5) is 0 Å². The zero-order chi connectivity index (χ0) is 37.8. The van der Waals surface area contributed by atoms with Crippen molar-refractivity contribution in [3.63, 3.8) is 0 Å². The smallest absolute Gasteiger partial charge is 0.265 e. The van der Waals surface area contributed by atoms with Crippen molar-refractivity contribution >= 4 is 12.0 Å². The predicted octanol–water partition coefficient (Wildman–Crippen LogP) is 5.93. The molecule has 2 aliphatic rings. The number of aryl methyl sites for hydroxylation is 1. The van der Waals surface area contributed by atoms with Crippen molar-refractivity contribution in [2.24, 2.45) is 7.05 Å². The second-order valence-electron chi connectivity index (χ2n) is 13.9. The lowest BCUT2D eigenvalue weighted by atomic mass is 9.89. The molecule has 1 amide bonds. The first-order chi connectivity index (χ1) is 25.6. The van der Waals surface area contributed by atoms with Crippen LogP contribution in [0.25, 0.3) is 17.2 Å². The van der Waals surface area contributed by atoms with Gasteiger partial charge in [0.25, 0.3) is 11.5 Å². The fraction of sp³-hybridized carbons (Fsp3) is 0.349. The van der Waals surface area contributed by atoms with E-state index in [1.54, 1.807) is 61.1 Å². The number of ether oxygens (including phenoxy) is 2. The molecule has 3 heterocycles. The van der Waals surface area contributed by atoms with Gasteiger partial charge in [0, 0.05) is 70.2 Å². The van der Waals surface area contributed by atoms with Gasteiger partial charge in [0.2, 0.25) is 0 Å². The summed E-state index contributed by atoms with van der Waals surface area (Å²) in [6, 6.07) is 21.4. The highest BCUT2D eigenvalue weighted by molar-refractivity contribution is 6.02. The molecule has 1 saturated heterocycles. The van der Waals surface area contributed by atoms with Crippen molar-refractivity contribution < 1.29 is 14.3 Å². The third-order valence-corrected chi connectivity index (χ3v) is 10.9. The van der Waals surface area contributed by atoms with E-state index >= 15 is 0 Å².